The molecule has 1 aliphatic heterocycles. The first-order chi connectivity index (χ1) is 17.2. The van der Waals surface area contributed by atoms with Gasteiger partial charge in [0.05, 0.1) is 37.9 Å². The number of rotatable bonds is 9. The van der Waals surface area contributed by atoms with Crippen LogP contribution in [-0.2, 0) is 22.6 Å². The average Bonchev–Trinajstić information content (AvgIpc) is 3.55. The van der Waals surface area contributed by atoms with E-state index in [1.54, 1.807) is 19.4 Å². The highest BCUT2D eigenvalue weighted by atomic mass is 16.5. The summed E-state index contributed by atoms with van der Waals surface area (Å²) in [5.41, 5.74) is 2.54. The lowest BCUT2D eigenvalue weighted by molar-refractivity contribution is 0.0365. The number of hydrogen-bond donors (Lipinski definition) is 0. The zero-order valence-electron chi connectivity index (χ0n) is 19.5. The Kier molecular flexibility index (Phi) is 6.96. The number of hydrogen-bond acceptors (Lipinski definition) is 9. The minimum Gasteiger partial charge on any atom is -0.471 e. The normalized spacial score (nSPS) is 14.3. The van der Waals surface area contributed by atoms with Gasteiger partial charge < -0.3 is 18.8 Å². The molecule has 11 nitrogen and oxygen atoms in total. The summed E-state index contributed by atoms with van der Waals surface area (Å²) < 4.78 is 20.0. The summed E-state index contributed by atoms with van der Waals surface area (Å²) in [5, 5.41) is 4.27. The summed E-state index contributed by atoms with van der Waals surface area (Å²) >= 11 is 0. The van der Waals surface area contributed by atoms with Crippen molar-refractivity contribution in [3.8, 4) is 11.8 Å². The van der Waals surface area contributed by atoms with Crippen LogP contribution in [0.15, 0.2) is 49.1 Å². The lowest BCUT2D eigenvalue weighted by Gasteiger charge is -2.26. The smallest absolute Gasteiger partial charge is 0.341 e. The molecule has 1 aliphatic rings. The summed E-state index contributed by atoms with van der Waals surface area (Å²) in [6.07, 6.45) is 4.74. The van der Waals surface area contributed by atoms with Gasteiger partial charge in [0.1, 0.15) is 6.61 Å². The van der Waals surface area contributed by atoms with Crippen molar-refractivity contribution in [2.75, 3.05) is 39.5 Å². The summed E-state index contributed by atoms with van der Waals surface area (Å²) in [5.74, 6) is 0.187. The van der Waals surface area contributed by atoms with Crippen LogP contribution < -0.4 is 4.74 Å². The van der Waals surface area contributed by atoms with E-state index in [0.717, 1.165) is 38.4 Å². The second-order valence-electron chi connectivity index (χ2n) is 8.06. The molecule has 5 rings (SSSR count). The SMILES string of the molecule is CCOC(=O)c1cnn(-c2nc(OCc3ccccc3)c3ncn(CCN4CCOCC4)c3n2)c1. The number of morpholine rings is 1. The van der Waals surface area contributed by atoms with Gasteiger partial charge in [0.2, 0.25) is 5.88 Å². The van der Waals surface area contributed by atoms with Crippen LogP contribution in [0.1, 0.15) is 22.8 Å². The van der Waals surface area contributed by atoms with E-state index in [1.807, 2.05) is 34.9 Å². The molecule has 35 heavy (non-hydrogen) atoms. The maximum absolute atomic E-state index is 12.1. The van der Waals surface area contributed by atoms with Gasteiger partial charge >= 0.3 is 5.97 Å². The molecule has 4 aromatic rings. The van der Waals surface area contributed by atoms with Crippen molar-refractivity contribution >= 4 is 17.1 Å². The maximum atomic E-state index is 12.1. The Morgan fingerprint density at radius 3 is 2.74 bits per heavy atom. The largest absolute Gasteiger partial charge is 0.471 e. The second kappa shape index (κ2) is 10.6. The average molecular weight is 478 g/mol. The van der Waals surface area contributed by atoms with Gasteiger partial charge in [0.25, 0.3) is 5.95 Å². The molecule has 11 heteroatoms. The number of carbonyl (C=O) groups excluding carboxylic acids is 1. The van der Waals surface area contributed by atoms with Crippen LogP contribution in [0.2, 0.25) is 0 Å². The molecule has 0 spiro atoms. The fraction of sp³-hybridized carbons (Fsp3) is 0.375. The van der Waals surface area contributed by atoms with E-state index >= 15 is 0 Å². The first kappa shape index (κ1) is 22.9. The van der Waals surface area contributed by atoms with Crippen LogP contribution in [0.3, 0.4) is 0 Å². The monoisotopic (exact) mass is 477 g/mol. The Labute approximate surface area is 202 Å². The molecular weight excluding hydrogens is 450 g/mol. The van der Waals surface area contributed by atoms with E-state index in [-0.39, 0.29) is 12.6 Å². The molecule has 0 N–H and O–H groups in total. The maximum Gasteiger partial charge on any atom is 0.341 e. The lowest BCUT2D eigenvalue weighted by Crippen LogP contribution is -2.38. The van der Waals surface area contributed by atoms with E-state index < -0.39 is 5.97 Å². The number of carbonyl (C=O) groups is 1. The molecule has 1 saturated heterocycles. The third-order valence-corrected chi connectivity index (χ3v) is 5.70. The number of esters is 1. The number of fused-ring (bicyclic) bond motifs is 1. The fourth-order valence-electron chi connectivity index (χ4n) is 3.83. The Morgan fingerprint density at radius 2 is 1.94 bits per heavy atom. The molecule has 1 fully saturated rings. The van der Waals surface area contributed by atoms with Gasteiger partial charge in [-0.2, -0.15) is 15.1 Å². The minimum atomic E-state index is -0.448. The summed E-state index contributed by atoms with van der Waals surface area (Å²) in [6.45, 7) is 7.24. The molecule has 0 aliphatic carbocycles. The van der Waals surface area contributed by atoms with Crippen molar-refractivity contribution in [1.29, 1.82) is 0 Å². The van der Waals surface area contributed by atoms with E-state index in [1.165, 1.54) is 10.9 Å². The molecule has 0 amide bonds. The Balaban J connectivity index is 1.46. The van der Waals surface area contributed by atoms with E-state index in [4.69, 9.17) is 19.2 Å². The predicted molar refractivity (Wildman–Crippen MR) is 126 cm³/mol. The number of ether oxygens (including phenoxy) is 3. The van der Waals surface area contributed by atoms with Gasteiger partial charge in [0, 0.05) is 32.4 Å². The van der Waals surface area contributed by atoms with Crippen LogP contribution in [0.5, 0.6) is 5.88 Å². The highest BCUT2D eigenvalue weighted by Gasteiger charge is 2.19. The molecular formula is C24H27N7O4. The zero-order valence-corrected chi connectivity index (χ0v) is 19.5. The van der Waals surface area contributed by atoms with Gasteiger partial charge in [-0.15, -0.1) is 0 Å². The number of aromatic nitrogens is 6. The standard InChI is InChI=1S/C24H27N7O4/c1-2-34-23(32)19-14-26-31(15-19)24-27-21-20(22(28-24)35-16-18-6-4-3-5-7-18)25-17-30(21)9-8-29-10-12-33-13-11-29/h3-7,14-15,17H,2,8-13,16H2,1H3. The molecule has 0 atom stereocenters. The first-order valence-corrected chi connectivity index (χ1v) is 11.6. The summed E-state index contributed by atoms with van der Waals surface area (Å²) in [4.78, 5) is 28.3. The van der Waals surface area contributed by atoms with Crippen LogP contribution in [-0.4, -0.2) is 79.6 Å². The van der Waals surface area contributed by atoms with E-state index in [2.05, 4.69) is 20.0 Å². The second-order valence-corrected chi connectivity index (χ2v) is 8.06. The third kappa shape index (κ3) is 5.31. The summed E-state index contributed by atoms with van der Waals surface area (Å²) in [6, 6.07) is 9.85. The Morgan fingerprint density at radius 1 is 1.11 bits per heavy atom. The van der Waals surface area contributed by atoms with Gasteiger partial charge in [-0.25, -0.2) is 14.5 Å². The van der Waals surface area contributed by atoms with Crippen molar-refractivity contribution in [3.05, 3.63) is 60.2 Å². The van der Waals surface area contributed by atoms with Crippen LogP contribution >= 0.6 is 0 Å². The van der Waals surface area contributed by atoms with Gasteiger partial charge in [-0.1, -0.05) is 30.3 Å². The molecule has 0 saturated carbocycles. The van der Waals surface area contributed by atoms with Gasteiger partial charge in [0.15, 0.2) is 11.2 Å². The Hall–Kier alpha value is -3.83. The topological polar surface area (TPSA) is 109 Å². The molecule has 1 aromatic carbocycles. The van der Waals surface area contributed by atoms with Crippen molar-refractivity contribution in [2.45, 2.75) is 20.1 Å². The minimum absolute atomic E-state index is 0.282. The molecule has 0 radical (unpaired) electrons. The summed E-state index contributed by atoms with van der Waals surface area (Å²) in [7, 11) is 0. The number of nitrogens with zero attached hydrogens (tertiary/aromatic N) is 7. The predicted octanol–water partition coefficient (Wildman–Crippen LogP) is 2.10. The van der Waals surface area contributed by atoms with Crippen LogP contribution in [0.25, 0.3) is 17.1 Å². The van der Waals surface area contributed by atoms with Crippen molar-refractivity contribution < 1.29 is 19.0 Å². The molecule has 0 bridgehead atoms. The lowest BCUT2D eigenvalue weighted by atomic mass is 10.2. The number of imidazole rings is 1. The first-order valence-electron chi connectivity index (χ1n) is 11.6. The quantitative estimate of drug-likeness (QED) is 0.335. The molecule has 3 aromatic heterocycles. The highest BCUT2D eigenvalue weighted by Crippen LogP contribution is 2.24. The van der Waals surface area contributed by atoms with Crippen molar-refractivity contribution in [1.82, 2.24) is 34.2 Å². The Bertz CT molecular complexity index is 1280. The van der Waals surface area contributed by atoms with Gasteiger partial charge in [-0.05, 0) is 12.5 Å². The van der Waals surface area contributed by atoms with Crippen LogP contribution in [0, 0.1) is 0 Å². The van der Waals surface area contributed by atoms with E-state index in [0.29, 0.717) is 35.8 Å². The van der Waals surface area contributed by atoms with Crippen molar-refractivity contribution in [3.63, 3.8) is 0 Å². The molecule has 0 unspecified atom stereocenters. The van der Waals surface area contributed by atoms with Gasteiger partial charge in [-0.3, -0.25) is 4.90 Å². The molecule has 4 heterocycles. The van der Waals surface area contributed by atoms with E-state index in [9.17, 15) is 4.79 Å². The van der Waals surface area contributed by atoms with Crippen molar-refractivity contribution in [2.24, 2.45) is 0 Å². The zero-order chi connectivity index (χ0) is 24.0. The van der Waals surface area contributed by atoms with Crippen LogP contribution in [0.4, 0.5) is 0 Å². The molecule has 182 valence electrons. The third-order valence-electron chi connectivity index (χ3n) is 5.70. The fourth-order valence-corrected chi connectivity index (χ4v) is 3.83. The number of benzene rings is 1. The highest BCUT2D eigenvalue weighted by molar-refractivity contribution is 5.88.